The molecule has 2 N–H and O–H groups in total. The predicted molar refractivity (Wildman–Crippen MR) is 114 cm³/mol. The molecule has 1 aliphatic rings. The van der Waals surface area contributed by atoms with Crippen LogP contribution in [0, 0.1) is 5.82 Å². The molecule has 30 heavy (non-hydrogen) atoms. The number of aryl methyl sites for hydroxylation is 1. The highest BCUT2D eigenvalue weighted by molar-refractivity contribution is 7.16. The molecule has 1 aliphatic carbocycles. The predicted octanol–water partition coefficient (Wildman–Crippen LogP) is 4.60. The first-order valence-corrected chi connectivity index (χ1v) is 10.4. The molecule has 1 atom stereocenters. The summed E-state index contributed by atoms with van der Waals surface area (Å²) in [7, 11) is 1.57. The zero-order valence-electron chi connectivity index (χ0n) is 16.3. The van der Waals surface area contributed by atoms with Crippen molar-refractivity contribution in [3.8, 4) is 5.75 Å². The molecule has 0 saturated heterocycles. The first-order valence-electron chi connectivity index (χ1n) is 9.55. The average Bonchev–Trinajstić information content (AvgIpc) is 3.17. The average molecular weight is 425 g/mol. The molecule has 2 aromatic carbocycles. The van der Waals surface area contributed by atoms with Gasteiger partial charge in [-0.25, -0.2) is 9.37 Å². The van der Waals surface area contributed by atoms with Crippen molar-refractivity contribution in [2.75, 3.05) is 17.7 Å². The van der Waals surface area contributed by atoms with Gasteiger partial charge in [-0.2, -0.15) is 0 Å². The molecule has 0 radical (unpaired) electrons. The van der Waals surface area contributed by atoms with Crippen molar-refractivity contribution in [1.29, 1.82) is 0 Å². The Hall–Kier alpha value is -3.26. The summed E-state index contributed by atoms with van der Waals surface area (Å²) < 4.78 is 18.2. The summed E-state index contributed by atoms with van der Waals surface area (Å²) in [6.07, 6.45) is 2.37. The van der Waals surface area contributed by atoms with Gasteiger partial charge in [0.2, 0.25) is 5.91 Å². The van der Waals surface area contributed by atoms with E-state index in [0.29, 0.717) is 34.2 Å². The first kappa shape index (κ1) is 20.0. The topological polar surface area (TPSA) is 80.3 Å². The minimum atomic E-state index is -0.401. The van der Waals surface area contributed by atoms with Gasteiger partial charge in [0, 0.05) is 16.1 Å². The SMILES string of the molecule is COc1ccc(C(=O)Nc2nc3c(s2)CCC[C@@H]3C(=O)Nc2ccc(F)cc2)cc1. The van der Waals surface area contributed by atoms with Gasteiger partial charge in [0.15, 0.2) is 5.13 Å². The zero-order chi connectivity index (χ0) is 21.1. The van der Waals surface area contributed by atoms with E-state index in [1.165, 1.54) is 35.6 Å². The monoisotopic (exact) mass is 425 g/mol. The molecule has 2 amide bonds. The number of carbonyl (C=O) groups is 2. The molecule has 0 spiro atoms. The van der Waals surface area contributed by atoms with Gasteiger partial charge >= 0.3 is 0 Å². The Bertz CT molecular complexity index is 1060. The van der Waals surface area contributed by atoms with Crippen molar-refractivity contribution in [2.24, 2.45) is 0 Å². The molecule has 3 aromatic rings. The summed E-state index contributed by atoms with van der Waals surface area (Å²) in [4.78, 5) is 30.9. The second-order valence-corrected chi connectivity index (χ2v) is 8.03. The number of carbonyl (C=O) groups excluding carboxylic acids is 2. The number of fused-ring (bicyclic) bond motifs is 1. The fourth-order valence-electron chi connectivity index (χ4n) is 3.40. The number of thiazole rings is 1. The number of methoxy groups -OCH3 is 1. The van der Waals surface area contributed by atoms with Crippen LogP contribution in [0.4, 0.5) is 15.2 Å². The number of hydrogen-bond donors (Lipinski definition) is 2. The van der Waals surface area contributed by atoms with E-state index in [9.17, 15) is 14.0 Å². The first-order chi connectivity index (χ1) is 14.5. The number of benzene rings is 2. The largest absolute Gasteiger partial charge is 0.497 e. The molecule has 0 unspecified atom stereocenters. The second kappa shape index (κ2) is 8.62. The fourth-order valence-corrected chi connectivity index (χ4v) is 4.46. The van der Waals surface area contributed by atoms with Crippen molar-refractivity contribution in [2.45, 2.75) is 25.2 Å². The van der Waals surface area contributed by atoms with Crippen molar-refractivity contribution in [3.63, 3.8) is 0 Å². The summed E-state index contributed by atoms with van der Waals surface area (Å²) >= 11 is 1.40. The maximum atomic E-state index is 13.1. The van der Waals surface area contributed by atoms with Gasteiger partial charge < -0.3 is 10.1 Å². The molecule has 1 heterocycles. The maximum Gasteiger partial charge on any atom is 0.257 e. The van der Waals surface area contributed by atoms with E-state index in [2.05, 4.69) is 15.6 Å². The normalized spacial score (nSPS) is 15.2. The van der Waals surface area contributed by atoms with Gasteiger partial charge in [0.05, 0.1) is 18.7 Å². The van der Waals surface area contributed by atoms with E-state index in [4.69, 9.17) is 4.74 Å². The number of nitrogens with one attached hydrogen (secondary N) is 2. The number of hydrogen-bond acceptors (Lipinski definition) is 5. The number of ether oxygens (including phenoxy) is 1. The van der Waals surface area contributed by atoms with Crippen molar-refractivity contribution < 1.29 is 18.7 Å². The van der Waals surface area contributed by atoms with Gasteiger partial charge in [-0.15, -0.1) is 11.3 Å². The molecular weight excluding hydrogens is 405 g/mol. The summed E-state index contributed by atoms with van der Waals surface area (Å²) in [5.74, 6) is -0.533. The Kier molecular flexibility index (Phi) is 5.76. The standard InChI is InChI=1S/C22H20FN3O3S/c1-29-16-11-5-13(6-12-16)20(27)26-22-25-19-17(3-2-4-18(19)30-22)21(28)24-15-9-7-14(23)8-10-15/h5-12,17H,2-4H2,1H3,(H,24,28)(H,25,26,27)/t17-/m0/s1. The number of anilines is 2. The smallest absolute Gasteiger partial charge is 0.257 e. The summed E-state index contributed by atoms with van der Waals surface area (Å²) in [6.45, 7) is 0. The molecule has 0 aliphatic heterocycles. The Labute approximate surface area is 177 Å². The Balaban J connectivity index is 1.48. The van der Waals surface area contributed by atoms with Crippen LogP contribution >= 0.6 is 11.3 Å². The van der Waals surface area contributed by atoms with Gasteiger partial charge in [-0.1, -0.05) is 0 Å². The molecule has 6 nitrogen and oxygen atoms in total. The fraction of sp³-hybridized carbons (Fsp3) is 0.227. The van der Waals surface area contributed by atoms with Crippen LogP contribution in [-0.4, -0.2) is 23.9 Å². The lowest BCUT2D eigenvalue weighted by atomic mass is 9.90. The Morgan fingerprint density at radius 1 is 1.10 bits per heavy atom. The molecule has 1 aromatic heterocycles. The second-order valence-electron chi connectivity index (χ2n) is 6.95. The molecule has 0 fully saturated rings. The summed E-state index contributed by atoms with van der Waals surface area (Å²) in [6, 6.07) is 12.5. The Morgan fingerprint density at radius 3 is 2.53 bits per heavy atom. The van der Waals surface area contributed by atoms with E-state index in [-0.39, 0.29) is 17.6 Å². The summed E-state index contributed by atoms with van der Waals surface area (Å²) in [5, 5.41) is 6.12. The number of aromatic nitrogens is 1. The molecule has 154 valence electrons. The number of halogens is 1. The minimum Gasteiger partial charge on any atom is -0.497 e. The quantitative estimate of drug-likeness (QED) is 0.626. The molecule has 0 bridgehead atoms. The lowest BCUT2D eigenvalue weighted by Crippen LogP contribution is -2.24. The van der Waals surface area contributed by atoms with Gasteiger partial charge in [-0.3, -0.25) is 14.9 Å². The number of rotatable bonds is 5. The van der Waals surface area contributed by atoms with Crippen LogP contribution in [0.1, 0.15) is 39.7 Å². The third-order valence-corrected chi connectivity index (χ3v) is 6.00. The molecule has 8 heteroatoms. The van der Waals surface area contributed by atoms with Crippen LogP contribution in [0.2, 0.25) is 0 Å². The lowest BCUT2D eigenvalue weighted by Gasteiger charge is -2.20. The molecule has 0 saturated carbocycles. The van der Waals surface area contributed by atoms with Crippen molar-refractivity contribution >= 4 is 34.0 Å². The maximum absolute atomic E-state index is 13.1. The van der Waals surface area contributed by atoms with Crippen LogP contribution in [0.15, 0.2) is 48.5 Å². The van der Waals surface area contributed by atoms with Gasteiger partial charge in [0.25, 0.3) is 5.91 Å². The van der Waals surface area contributed by atoms with Gasteiger partial charge in [-0.05, 0) is 67.8 Å². The van der Waals surface area contributed by atoms with Crippen LogP contribution in [0.25, 0.3) is 0 Å². The molecule has 4 rings (SSSR count). The lowest BCUT2D eigenvalue weighted by molar-refractivity contribution is -0.117. The summed E-state index contributed by atoms with van der Waals surface area (Å²) in [5.41, 5.74) is 1.74. The van der Waals surface area contributed by atoms with Gasteiger partial charge in [0.1, 0.15) is 11.6 Å². The zero-order valence-corrected chi connectivity index (χ0v) is 17.1. The highest BCUT2D eigenvalue weighted by atomic mass is 32.1. The minimum absolute atomic E-state index is 0.180. The Morgan fingerprint density at radius 2 is 1.83 bits per heavy atom. The third kappa shape index (κ3) is 4.33. The highest BCUT2D eigenvalue weighted by Crippen LogP contribution is 2.37. The van der Waals surface area contributed by atoms with E-state index >= 15 is 0 Å². The molecular formula is C22H20FN3O3S. The van der Waals surface area contributed by atoms with E-state index in [1.54, 1.807) is 31.4 Å². The van der Waals surface area contributed by atoms with Crippen LogP contribution in [0.5, 0.6) is 5.75 Å². The number of amides is 2. The van der Waals surface area contributed by atoms with E-state index < -0.39 is 5.92 Å². The van der Waals surface area contributed by atoms with Crippen molar-refractivity contribution in [3.05, 3.63) is 70.5 Å². The van der Waals surface area contributed by atoms with Crippen molar-refractivity contribution in [1.82, 2.24) is 4.98 Å². The van der Waals surface area contributed by atoms with E-state index in [0.717, 1.165) is 17.7 Å². The third-order valence-electron chi connectivity index (χ3n) is 4.96. The van der Waals surface area contributed by atoms with E-state index in [1.807, 2.05) is 0 Å². The van der Waals surface area contributed by atoms with Crippen LogP contribution in [0.3, 0.4) is 0 Å². The highest BCUT2D eigenvalue weighted by Gasteiger charge is 2.30. The van der Waals surface area contributed by atoms with Crippen LogP contribution in [-0.2, 0) is 11.2 Å². The number of nitrogens with zero attached hydrogens (tertiary/aromatic N) is 1. The van der Waals surface area contributed by atoms with Crippen LogP contribution < -0.4 is 15.4 Å².